The molecule has 0 aliphatic carbocycles. The van der Waals surface area contributed by atoms with E-state index in [0.29, 0.717) is 12.1 Å². The molecule has 3 rings (SSSR count). The van der Waals surface area contributed by atoms with Crippen LogP contribution in [0.3, 0.4) is 0 Å². The number of methoxy groups -OCH3 is 1. The van der Waals surface area contributed by atoms with Gasteiger partial charge in [-0.15, -0.1) is 0 Å². The van der Waals surface area contributed by atoms with E-state index in [1.807, 2.05) is 30.3 Å². The van der Waals surface area contributed by atoms with Gasteiger partial charge in [0.25, 0.3) is 0 Å². The zero-order valence-electron chi connectivity index (χ0n) is 11.8. The third-order valence-electron chi connectivity index (χ3n) is 3.75. The van der Waals surface area contributed by atoms with E-state index in [4.69, 9.17) is 4.74 Å². The summed E-state index contributed by atoms with van der Waals surface area (Å²) < 4.78 is 5.99. The maximum absolute atomic E-state index is 12.4. The average Bonchev–Trinajstić information content (AvgIpc) is 2.89. The third-order valence-corrected chi connectivity index (χ3v) is 4.37. The lowest BCUT2D eigenvalue weighted by Gasteiger charge is -2.14. The summed E-state index contributed by atoms with van der Waals surface area (Å²) in [4.78, 5) is 14.6. The van der Waals surface area contributed by atoms with Crippen molar-refractivity contribution in [3.63, 3.8) is 0 Å². The average molecular weight is 346 g/mol. The molecular formula is C17H16BrNO2. The van der Waals surface area contributed by atoms with Crippen molar-refractivity contribution in [3.8, 4) is 5.75 Å². The standard InChI is InChI=1S/C17H16BrNO2/c1-21-17-7-6-12(8-15(17)18)16(20)11-19-9-13-4-2-3-5-14(13)10-19/h2-8H,9-11H2,1H3. The zero-order chi connectivity index (χ0) is 14.8. The maximum atomic E-state index is 12.4. The number of halogens is 1. The van der Waals surface area contributed by atoms with Crippen LogP contribution in [0.1, 0.15) is 21.5 Å². The Kier molecular flexibility index (Phi) is 4.08. The first kappa shape index (κ1) is 14.3. The van der Waals surface area contributed by atoms with Crippen molar-refractivity contribution < 1.29 is 9.53 Å². The molecule has 1 aliphatic rings. The first-order valence-electron chi connectivity index (χ1n) is 6.83. The molecule has 3 nitrogen and oxygen atoms in total. The van der Waals surface area contributed by atoms with Gasteiger partial charge in [-0.25, -0.2) is 0 Å². The largest absolute Gasteiger partial charge is 0.496 e. The summed E-state index contributed by atoms with van der Waals surface area (Å²) in [5.41, 5.74) is 3.35. The lowest BCUT2D eigenvalue weighted by atomic mass is 10.1. The first-order chi connectivity index (χ1) is 10.2. The summed E-state index contributed by atoms with van der Waals surface area (Å²) in [6.45, 7) is 2.13. The molecule has 108 valence electrons. The number of benzene rings is 2. The molecule has 0 atom stereocenters. The van der Waals surface area contributed by atoms with Crippen LogP contribution in [0, 0.1) is 0 Å². The number of hydrogen-bond acceptors (Lipinski definition) is 3. The molecule has 21 heavy (non-hydrogen) atoms. The van der Waals surface area contributed by atoms with Crippen molar-refractivity contribution in [3.05, 3.63) is 63.6 Å². The van der Waals surface area contributed by atoms with E-state index in [0.717, 1.165) is 23.3 Å². The lowest BCUT2D eigenvalue weighted by molar-refractivity contribution is 0.0929. The third kappa shape index (κ3) is 3.01. The summed E-state index contributed by atoms with van der Waals surface area (Å²) in [6, 6.07) is 13.8. The molecule has 0 radical (unpaired) electrons. The molecule has 0 fully saturated rings. The second-order valence-electron chi connectivity index (χ2n) is 5.19. The van der Waals surface area contributed by atoms with Crippen molar-refractivity contribution in [2.24, 2.45) is 0 Å². The van der Waals surface area contributed by atoms with Crippen LogP contribution in [0.2, 0.25) is 0 Å². The summed E-state index contributed by atoms with van der Waals surface area (Å²) >= 11 is 3.42. The first-order valence-corrected chi connectivity index (χ1v) is 7.62. The molecule has 0 unspecified atom stereocenters. The number of carbonyl (C=O) groups is 1. The molecule has 1 heterocycles. The number of nitrogens with zero attached hydrogens (tertiary/aromatic N) is 1. The Morgan fingerprint density at radius 2 is 1.86 bits per heavy atom. The van der Waals surface area contributed by atoms with Crippen LogP contribution in [-0.4, -0.2) is 24.3 Å². The van der Waals surface area contributed by atoms with Crippen LogP contribution in [0.15, 0.2) is 46.9 Å². The fraction of sp³-hybridized carbons (Fsp3) is 0.235. The van der Waals surface area contributed by atoms with Crippen LogP contribution < -0.4 is 4.74 Å². The van der Waals surface area contributed by atoms with Gasteiger partial charge in [-0.05, 0) is 45.3 Å². The summed E-state index contributed by atoms with van der Waals surface area (Å²) in [5, 5.41) is 0. The fourth-order valence-electron chi connectivity index (χ4n) is 2.65. The van der Waals surface area contributed by atoms with Crippen molar-refractivity contribution in [2.45, 2.75) is 13.1 Å². The van der Waals surface area contributed by atoms with E-state index in [1.165, 1.54) is 11.1 Å². The minimum atomic E-state index is 0.131. The van der Waals surface area contributed by atoms with Crippen molar-refractivity contribution in [2.75, 3.05) is 13.7 Å². The molecule has 0 bridgehead atoms. The van der Waals surface area contributed by atoms with Gasteiger partial charge < -0.3 is 4.74 Å². The van der Waals surface area contributed by atoms with Crippen molar-refractivity contribution in [1.82, 2.24) is 4.90 Å². The van der Waals surface area contributed by atoms with Crippen LogP contribution in [-0.2, 0) is 13.1 Å². The van der Waals surface area contributed by atoms with E-state index in [9.17, 15) is 4.79 Å². The topological polar surface area (TPSA) is 29.5 Å². The Morgan fingerprint density at radius 3 is 2.43 bits per heavy atom. The molecule has 1 aliphatic heterocycles. The second-order valence-corrected chi connectivity index (χ2v) is 6.04. The summed E-state index contributed by atoms with van der Waals surface area (Å²) in [6.07, 6.45) is 0. The Hall–Kier alpha value is -1.65. The van der Waals surface area contributed by atoms with Crippen LogP contribution in [0.5, 0.6) is 5.75 Å². The Labute approximate surface area is 132 Å². The van der Waals surface area contributed by atoms with E-state index in [1.54, 1.807) is 7.11 Å². The Balaban J connectivity index is 1.69. The number of ketones is 1. The van der Waals surface area contributed by atoms with E-state index < -0.39 is 0 Å². The zero-order valence-corrected chi connectivity index (χ0v) is 13.4. The van der Waals surface area contributed by atoms with Crippen LogP contribution in [0.25, 0.3) is 0 Å². The van der Waals surface area contributed by atoms with Crippen LogP contribution in [0.4, 0.5) is 0 Å². The number of rotatable bonds is 4. The minimum absolute atomic E-state index is 0.131. The van der Waals surface area contributed by atoms with Gasteiger partial charge in [-0.1, -0.05) is 24.3 Å². The van der Waals surface area contributed by atoms with Gasteiger partial charge >= 0.3 is 0 Å². The highest BCUT2D eigenvalue weighted by Crippen LogP contribution is 2.27. The normalized spacial score (nSPS) is 14.0. The Bertz CT molecular complexity index is 659. The van der Waals surface area contributed by atoms with Crippen molar-refractivity contribution >= 4 is 21.7 Å². The highest BCUT2D eigenvalue weighted by atomic mass is 79.9. The van der Waals surface area contributed by atoms with Gasteiger partial charge in [0.15, 0.2) is 5.78 Å². The summed E-state index contributed by atoms with van der Waals surface area (Å²) in [7, 11) is 1.61. The highest BCUT2D eigenvalue weighted by molar-refractivity contribution is 9.10. The van der Waals surface area contributed by atoms with Gasteiger partial charge in [0, 0.05) is 18.7 Å². The lowest BCUT2D eigenvalue weighted by Crippen LogP contribution is -2.24. The summed E-state index contributed by atoms with van der Waals surface area (Å²) in [5.74, 6) is 0.867. The number of fused-ring (bicyclic) bond motifs is 1. The predicted octanol–water partition coefficient (Wildman–Crippen LogP) is 3.66. The monoisotopic (exact) mass is 345 g/mol. The number of ether oxygens (including phenoxy) is 1. The SMILES string of the molecule is COc1ccc(C(=O)CN2Cc3ccccc3C2)cc1Br. The predicted molar refractivity (Wildman–Crippen MR) is 85.6 cm³/mol. The number of carbonyl (C=O) groups excluding carboxylic acids is 1. The molecule has 4 heteroatoms. The smallest absolute Gasteiger partial charge is 0.176 e. The molecule has 0 saturated heterocycles. The van der Waals surface area contributed by atoms with Gasteiger partial charge in [0.05, 0.1) is 18.1 Å². The molecule has 2 aromatic rings. The molecule has 0 aromatic heterocycles. The maximum Gasteiger partial charge on any atom is 0.176 e. The molecular weight excluding hydrogens is 330 g/mol. The molecule has 0 saturated carbocycles. The molecule has 0 amide bonds. The van der Waals surface area contributed by atoms with E-state index >= 15 is 0 Å². The Morgan fingerprint density at radius 1 is 1.19 bits per heavy atom. The second kappa shape index (κ2) is 6.00. The fourth-order valence-corrected chi connectivity index (χ4v) is 3.19. The van der Waals surface area contributed by atoms with Gasteiger partial charge in [-0.2, -0.15) is 0 Å². The molecule has 2 aromatic carbocycles. The quantitative estimate of drug-likeness (QED) is 0.792. The highest BCUT2D eigenvalue weighted by Gasteiger charge is 2.21. The molecule has 0 spiro atoms. The van der Waals surface area contributed by atoms with Gasteiger partial charge in [0.2, 0.25) is 0 Å². The number of Topliss-reactive ketones (excluding diaryl/α,β-unsaturated/α-hetero) is 1. The van der Waals surface area contributed by atoms with Crippen molar-refractivity contribution in [1.29, 1.82) is 0 Å². The van der Waals surface area contributed by atoms with Crippen LogP contribution >= 0.6 is 15.9 Å². The van der Waals surface area contributed by atoms with E-state index in [2.05, 4.69) is 33.0 Å². The van der Waals surface area contributed by atoms with Gasteiger partial charge in [-0.3, -0.25) is 9.69 Å². The van der Waals surface area contributed by atoms with Gasteiger partial charge in [0.1, 0.15) is 5.75 Å². The van der Waals surface area contributed by atoms with E-state index in [-0.39, 0.29) is 5.78 Å². The minimum Gasteiger partial charge on any atom is -0.496 e. The number of hydrogen-bond donors (Lipinski definition) is 0. The molecule has 0 N–H and O–H groups in total.